The summed E-state index contributed by atoms with van der Waals surface area (Å²) in [5.41, 5.74) is 0. The molecule has 0 spiro atoms. The zero-order valence-electron chi connectivity index (χ0n) is 17.0. The maximum Gasteiger partial charge on any atom is 0.309 e. The normalized spacial score (nSPS) is 21.1. The van der Waals surface area contributed by atoms with Crippen molar-refractivity contribution in [3.63, 3.8) is 0 Å². The van der Waals surface area contributed by atoms with E-state index in [1.165, 1.54) is 32.2 Å². The van der Waals surface area contributed by atoms with Gasteiger partial charge in [-0.3, -0.25) is 14.7 Å². The first-order chi connectivity index (χ1) is 12.7. The van der Waals surface area contributed by atoms with E-state index < -0.39 is 0 Å². The number of nitrogens with zero attached hydrogens (tertiary/aromatic N) is 3. The maximum atomic E-state index is 11.9. The number of hydrogen-bond acceptors (Lipinski definition) is 4. The molecule has 156 valence electrons. The summed E-state index contributed by atoms with van der Waals surface area (Å²) in [6, 6.07) is 0.828. The van der Waals surface area contributed by atoms with Crippen molar-refractivity contribution in [2.75, 3.05) is 45.9 Å². The maximum absolute atomic E-state index is 11.9. The Labute approximate surface area is 181 Å². The van der Waals surface area contributed by atoms with Crippen molar-refractivity contribution in [3.8, 4) is 0 Å². The Morgan fingerprint density at radius 2 is 1.85 bits per heavy atom. The SMILES string of the molecule is CCNC(=NCCN(CC1CC1)C1CC1)N1CCC(C(=O)OCC)CC1.I. The van der Waals surface area contributed by atoms with Gasteiger partial charge in [-0.2, -0.15) is 0 Å². The van der Waals surface area contributed by atoms with Gasteiger partial charge in [-0.05, 0) is 58.3 Å². The number of carbonyl (C=O) groups is 1. The van der Waals surface area contributed by atoms with E-state index in [0.29, 0.717) is 6.61 Å². The van der Waals surface area contributed by atoms with Crippen LogP contribution in [0.3, 0.4) is 0 Å². The molecule has 3 rings (SSSR count). The molecule has 0 atom stereocenters. The molecule has 2 aliphatic carbocycles. The van der Waals surface area contributed by atoms with Crippen LogP contribution in [0.5, 0.6) is 0 Å². The van der Waals surface area contributed by atoms with E-state index in [1.54, 1.807) is 0 Å². The van der Waals surface area contributed by atoms with Gasteiger partial charge in [0.2, 0.25) is 0 Å². The number of piperidine rings is 1. The van der Waals surface area contributed by atoms with Gasteiger partial charge in [0, 0.05) is 38.8 Å². The molecule has 0 aromatic rings. The molecule has 1 saturated heterocycles. The van der Waals surface area contributed by atoms with Crippen molar-refractivity contribution >= 4 is 35.9 Å². The van der Waals surface area contributed by atoms with Crippen LogP contribution in [0.2, 0.25) is 0 Å². The average Bonchev–Trinajstić information content (AvgIpc) is 3.54. The van der Waals surface area contributed by atoms with Crippen molar-refractivity contribution in [3.05, 3.63) is 0 Å². The zero-order chi connectivity index (χ0) is 18.4. The lowest BCUT2D eigenvalue weighted by atomic mass is 9.97. The molecule has 1 aliphatic heterocycles. The first-order valence-corrected chi connectivity index (χ1v) is 10.6. The van der Waals surface area contributed by atoms with Gasteiger partial charge < -0.3 is 15.0 Å². The molecule has 7 heteroatoms. The second-order valence-corrected chi connectivity index (χ2v) is 7.92. The van der Waals surface area contributed by atoms with Crippen LogP contribution in [-0.4, -0.2) is 73.6 Å². The lowest BCUT2D eigenvalue weighted by molar-refractivity contribution is -0.149. The van der Waals surface area contributed by atoms with Gasteiger partial charge in [-0.25, -0.2) is 0 Å². The van der Waals surface area contributed by atoms with E-state index in [2.05, 4.69) is 22.0 Å². The van der Waals surface area contributed by atoms with E-state index in [9.17, 15) is 4.79 Å². The smallest absolute Gasteiger partial charge is 0.309 e. The van der Waals surface area contributed by atoms with Crippen LogP contribution in [0.25, 0.3) is 0 Å². The molecule has 0 bridgehead atoms. The monoisotopic (exact) mass is 492 g/mol. The van der Waals surface area contributed by atoms with Crippen molar-refractivity contribution in [2.24, 2.45) is 16.8 Å². The fourth-order valence-corrected chi connectivity index (χ4v) is 3.79. The van der Waals surface area contributed by atoms with E-state index in [4.69, 9.17) is 9.73 Å². The Kier molecular flexibility index (Phi) is 9.62. The highest BCUT2D eigenvalue weighted by atomic mass is 127. The molecule has 0 radical (unpaired) electrons. The molecule has 2 saturated carbocycles. The average molecular weight is 492 g/mol. The van der Waals surface area contributed by atoms with Gasteiger partial charge in [0.1, 0.15) is 0 Å². The summed E-state index contributed by atoms with van der Waals surface area (Å²) in [5, 5.41) is 3.43. The van der Waals surface area contributed by atoms with Crippen LogP contribution in [0.4, 0.5) is 0 Å². The zero-order valence-corrected chi connectivity index (χ0v) is 19.3. The number of guanidine groups is 1. The molecular formula is C20H37IN4O2. The van der Waals surface area contributed by atoms with E-state index in [1.807, 2.05) is 6.92 Å². The third kappa shape index (κ3) is 7.40. The lowest BCUT2D eigenvalue weighted by Gasteiger charge is -2.33. The summed E-state index contributed by atoms with van der Waals surface area (Å²) in [6.07, 6.45) is 7.31. The summed E-state index contributed by atoms with van der Waals surface area (Å²) in [4.78, 5) is 21.8. The Hall–Kier alpha value is -0.570. The predicted octanol–water partition coefficient (Wildman–Crippen LogP) is 2.72. The number of hydrogen-bond donors (Lipinski definition) is 1. The molecule has 3 fully saturated rings. The Morgan fingerprint density at radius 3 is 2.41 bits per heavy atom. The van der Waals surface area contributed by atoms with Crippen LogP contribution < -0.4 is 5.32 Å². The van der Waals surface area contributed by atoms with Crippen LogP contribution in [0.1, 0.15) is 52.4 Å². The number of esters is 1. The molecule has 0 aromatic heterocycles. The Morgan fingerprint density at radius 1 is 1.15 bits per heavy atom. The topological polar surface area (TPSA) is 57.2 Å². The first-order valence-electron chi connectivity index (χ1n) is 10.6. The number of carbonyl (C=O) groups excluding carboxylic acids is 1. The number of ether oxygens (including phenoxy) is 1. The van der Waals surface area contributed by atoms with Crippen molar-refractivity contribution < 1.29 is 9.53 Å². The number of likely N-dealkylation sites (tertiary alicyclic amines) is 1. The third-order valence-corrected chi connectivity index (χ3v) is 5.65. The lowest BCUT2D eigenvalue weighted by Crippen LogP contribution is -2.47. The van der Waals surface area contributed by atoms with Crippen LogP contribution >= 0.6 is 24.0 Å². The van der Waals surface area contributed by atoms with E-state index in [-0.39, 0.29) is 35.9 Å². The minimum atomic E-state index is -0.0331. The van der Waals surface area contributed by atoms with Crippen molar-refractivity contribution in [1.82, 2.24) is 15.1 Å². The van der Waals surface area contributed by atoms with Gasteiger partial charge in [0.15, 0.2) is 5.96 Å². The number of aliphatic imine (C=N–C) groups is 1. The van der Waals surface area contributed by atoms with Gasteiger partial charge in [-0.1, -0.05) is 0 Å². The quantitative estimate of drug-likeness (QED) is 0.232. The molecule has 6 nitrogen and oxygen atoms in total. The van der Waals surface area contributed by atoms with Crippen LogP contribution in [0.15, 0.2) is 4.99 Å². The fraction of sp³-hybridized carbons (Fsp3) is 0.900. The summed E-state index contributed by atoms with van der Waals surface area (Å²) in [6.45, 7) is 10.3. The number of rotatable bonds is 9. The van der Waals surface area contributed by atoms with E-state index in [0.717, 1.165) is 63.5 Å². The molecule has 0 amide bonds. The standard InChI is InChI=1S/C20H36N4O2.HI/c1-3-21-20(23-12-9-17(10-13-23)19(25)26-4-2)22-11-14-24(18-7-8-18)15-16-5-6-16;/h16-18H,3-15H2,1-2H3,(H,21,22);1H. The number of halogens is 1. The summed E-state index contributed by atoms with van der Waals surface area (Å²) in [5.74, 6) is 1.99. The minimum absolute atomic E-state index is 0. The predicted molar refractivity (Wildman–Crippen MR) is 120 cm³/mol. The fourth-order valence-electron chi connectivity index (χ4n) is 3.79. The molecule has 0 aromatic carbocycles. The summed E-state index contributed by atoms with van der Waals surface area (Å²) < 4.78 is 5.17. The highest BCUT2D eigenvalue weighted by molar-refractivity contribution is 14.0. The minimum Gasteiger partial charge on any atom is -0.466 e. The molecule has 1 N–H and O–H groups in total. The Balaban J connectivity index is 0.00000261. The second kappa shape index (κ2) is 11.4. The first kappa shape index (κ1) is 22.7. The molecule has 3 aliphatic rings. The van der Waals surface area contributed by atoms with Gasteiger partial charge in [0.05, 0.1) is 19.1 Å². The molecule has 27 heavy (non-hydrogen) atoms. The second-order valence-electron chi connectivity index (χ2n) is 7.92. The van der Waals surface area contributed by atoms with Gasteiger partial charge in [-0.15, -0.1) is 24.0 Å². The summed E-state index contributed by atoms with van der Waals surface area (Å²) in [7, 11) is 0. The molecule has 1 heterocycles. The van der Waals surface area contributed by atoms with Crippen molar-refractivity contribution in [1.29, 1.82) is 0 Å². The molecule has 0 unspecified atom stereocenters. The van der Waals surface area contributed by atoms with Gasteiger partial charge >= 0.3 is 5.97 Å². The highest BCUT2D eigenvalue weighted by Crippen LogP contribution is 2.34. The van der Waals surface area contributed by atoms with Gasteiger partial charge in [0.25, 0.3) is 0 Å². The van der Waals surface area contributed by atoms with E-state index >= 15 is 0 Å². The highest BCUT2D eigenvalue weighted by Gasteiger charge is 2.33. The Bertz CT molecular complexity index is 486. The number of nitrogens with one attached hydrogen (secondary N) is 1. The van der Waals surface area contributed by atoms with Crippen molar-refractivity contribution in [2.45, 2.75) is 58.4 Å². The van der Waals surface area contributed by atoms with Crippen LogP contribution in [0, 0.1) is 11.8 Å². The largest absolute Gasteiger partial charge is 0.466 e. The van der Waals surface area contributed by atoms with Crippen LogP contribution in [-0.2, 0) is 9.53 Å². The summed E-state index contributed by atoms with van der Waals surface area (Å²) >= 11 is 0. The third-order valence-electron chi connectivity index (χ3n) is 5.65. The molecular weight excluding hydrogens is 455 g/mol.